The molecule has 21 heavy (non-hydrogen) atoms. The number of hydrogen-bond acceptors (Lipinski definition) is 4. The van der Waals surface area contributed by atoms with Crippen molar-refractivity contribution in [1.29, 1.82) is 0 Å². The van der Waals surface area contributed by atoms with Crippen LogP contribution in [0.4, 0.5) is 15.9 Å². The lowest BCUT2D eigenvalue weighted by atomic mass is 10.2. The average Bonchev–Trinajstić information content (AvgIpc) is 2.56. The highest BCUT2D eigenvalue weighted by atomic mass is 19.1. The average molecular weight is 286 g/mol. The number of aromatic nitrogens is 2. The normalized spacial score (nSPS) is 15.3. The summed E-state index contributed by atoms with van der Waals surface area (Å²) in [4.78, 5) is 13.2. The van der Waals surface area contributed by atoms with Crippen molar-refractivity contribution in [2.45, 2.75) is 13.3 Å². The molecular formula is C16H19FN4. The maximum Gasteiger partial charge on any atom is 0.132 e. The van der Waals surface area contributed by atoms with Crippen LogP contribution >= 0.6 is 0 Å². The molecule has 2 aromatic rings. The molecule has 1 aliphatic rings. The number of halogens is 1. The molecule has 0 spiro atoms. The van der Waals surface area contributed by atoms with Crippen molar-refractivity contribution in [3.8, 4) is 0 Å². The van der Waals surface area contributed by atoms with Crippen molar-refractivity contribution in [2.75, 3.05) is 36.0 Å². The van der Waals surface area contributed by atoms with Gasteiger partial charge in [-0.05, 0) is 30.7 Å². The minimum atomic E-state index is -0.189. The van der Waals surface area contributed by atoms with Crippen LogP contribution in [0.2, 0.25) is 0 Å². The second-order valence-electron chi connectivity index (χ2n) is 5.17. The topological polar surface area (TPSA) is 32.3 Å². The van der Waals surface area contributed by atoms with E-state index in [2.05, 4.69) is 32.8 Å². The molecule has 0 N–H and O–H groups in total. The maximum absolute atomic E-state index is 13.0. The van der Waals surface area contributed by atoms with E-state index in [4.69, 9.17) is 0 Å². The molecule has 3 rings (SSSR count). The second-order valence-corrected chi connectivity index (χ2v) is 5.17. The Bertz CT molecular complexity index is 591. The third-order valence-corrected chi connectivity index (χ3v) is 3.87. The number of hydrogen-bond donors (Lipinski definition) is 0. The van der Waals surface area contributed by atoms with E-state index in [0.29, 0.717) is 0 Å². The number of aryl methyl sites for hydroxylation is 1. The lowest BCUT2D eigenvalue weighted by Gasteiger charge is -2.36. The van der Waals surface area contributed by atoms with Crippen LogP contribution < -0.4 is 9.80 Å². The molecule has 0 aliphatic carbocycles. The van der Waals surface area contributed by atoms with E-state index in [1.54, 1.807) is 6.33 Å². The fourth-order valence-electron chi connectivity index (χ4n) is 2.60. The molecule has 2 heterocycles. The summed E-state index contributed by atoms with van der Waals surface area (Å²) in [5, 5.41) is 0. The van der Waals surface area contributed by atoms with Gasteiger partial charge in [-0.2, -0.15) is 0 Å². The molecule has 0 saturated carbocycles. The van der Waals surface area contributed by atoms with Crippen molar-refractivity contribution < 1.29 is 4.39 Å². The van der Waals surface area contributed by atoms with Gasteiger partial charge in [-0.3, -0.25) is 0 Å². The highest BCUT2D eigenvalue weighted by Crippen LogP contribution is 2.19. The van der Waals surface area contributed by atoms with Gasteiger partial charge in [-0.1, -0.05) is 6.92 Å². The summed E-state index contributed by atoms with van der Waals surface area (Å²) >= 11 is 0. The molecule has 110 valence electrons. The summed E-state index contributed by atoms with van der Waals surface area (Å²) < 4.78 is 13.0. The van der Waals surface area contributed by atoms with E-state index in [9.17, 15) is 4.39 Å². The van der Waals surface area contributed by atoms with Gasteiger partial charge < -0.3 is 9.80 Å². The standard InChI is InChI=1S/C16H19FN4/c1-2-14-11-16(19-12-18-14)21-9-7-20(8-10-21)15-5-3-13(17)4-6-15/h3-6,11-12H,2,7-10H2,1H3. The van der Waals surface area contributed by atoms with Crippen molar-refractivity contribution in [2.24, 2.45) is 0 Å². The highest BCUT2D eigenvalue weighted by Gasteiger charge is 2.18. The highest BCUT2D eigenvalue weighted by molar-refractivity contribution is 5.49. The first-order valence-electron chi connectivity index (χ1n) is 7.32. The third kappa shape index (κ3) is 3.12. The Labute approximate surface area is 124 Å². The Balaban J connectivity index is 1.65. The summed E-state index contributed by atoms with van der Waals surface area (Å²) in [6.07, 6.45) is 2.56. The molecule has 5 heteroatoms. The molecule has 0 bridgehead atoms. The van der Waals surface area contributed by atoms with E-state index in [0.717, 1.165) is 49.8 Å². The fourth-order valence-corrected chi connectivity index (χ4v) is 2.60. The van der Waals surface area contributed by atoms with Crippen LogP contribution in [0.15, 0.2) is 36.7 Å². The molecule has 1 aromatic heterocycles. The lowest BCUT2D eigenvalue weighted by Crippen LogP contribution is -2.46. The monoisotopic (exact) mass is 286 g/mol. The van der Waals surface area contributed by atoms with Gasteiger partial charge in [0.25, 0.3) is 0 Å². The number of benzene rings is 1. The number of anilines is 2. The van der Waals surface area contributed by atoms with Crippen LogP contribution in [0, 0.1) is 5.82 Å². The van der Waals surface area contributed by atoms with Crippen LogP contribution in [0.5, 0.6) is 0 Å². The van der Waals surface area contributed by atoms with E-state index < -0.39 is 0 Å². The van der Waals surface area contributed by atoms with Gasteiger partial charge in [-0.15, -0.1) is 0 Å². The van der Waals surface area contributed by atoms with Crippen LogP contribution in [-0.2, 0) is 6.42 Å². The number of nitrogens with zero attached hydrogens (tertiary/aromatic N) is 4. The minimum Gasteiger partial charge on any atom is -0.368 e. The Morgan fingerprint density at radius 1 is 1.00 bits per heavy atom. The fraction of sp³-hybridized carbons (Fsp3) is 0.375. The second kappa shape index (κ2) is 6.08. The van der Waals surface area contributed by atoms with Gasteiger partial charge in [-0.25, -0.2) is 14.4 Å². The zero-order chi connectivity index (χ0) is 14.7. The van der Waals surface area contributed by atoms with Gasteiger partial charge in [0, 0.05) is 43.6 Å². The Kier molecular flexibility index (Phi) is 3.99. The van der Waals surface area contributed by atoms with Crippen LogP contribution in [0.3, 0.4) is 0 Å². The summed E-state index contributed by atoms with van der Waals surface area (Å²) in [5.74, 6) is 0.811. The molecule has 0 amide bonds. The molecule has 0 radical (unpaired) electrons. The van der Waals surface area contributed by atoms with Crippen molar-refractivity contribution in [3.05, 3.63) is 48.2 Å². The van der Waals surface area contributed by atoms with Crippen molar-refractivity contribution >= 4 is 11.5 Å². The Morgan fingerprint density at radius 3 is 2.33 bits per heavy atom. The van der Waals surface area contributed by atoms with Crippen LogP contribution in [0.1, 0.15) is 12.6 Å². The van der Waals surface area contributed by atoms with E-state index >= 15 is 0 Å². The van der Waals surface area contributed by atoms with Gasteiger partial charge >= 0.3 is 0 Å². The third-order valence-electron chi connectivity index (χ3n) is 3.87. The summed E-state index contributed by atoms with van der Waals surface area (Å²) in [7, 11) is 0. The maximum atomic E-state index is 13.0. The predicted octanol–water partition coefficient (Wildman–Crippen LogP) is 2.50. The van der Waals surface area contributed by atoms with Crippen LogP contribution in [-0.4, -0.2) is 36.1 Å². The quantitative estimate of drug-likeness (QED) is 0.868. The molecule has 1 saturated heterocycles. The predicted molar refractivity (Wildman–Crippen MR) is 82.2 cm³/mol. The first kappa shape index (κ1) is 13.8. The largest absolute Gasteiger partial charge is 0.368 e. The van der Waals surface area contributed by atoms with E-state index in [1.165, 1.54) is 12.1 Å². The Morgan fingerprint density at radius 2 is 1.67 bits per heavy atom. The molecule has 1 aromatic carbocycles. The number of piperazine rings is 1. The van der Waals surface area contributed by atoms with Gasteiger partial charge in [0.1, 0.15) is 18.0 Å². The first-order chi connectivity index (χ1) is 10.3. The lowest BCUT2D eigenvalue weighted by molar-refractivity contribution is 0.624. The molecule has 0 atom stereocenters. The van der Waals surface area contributed by atoms with Gasteiger partial charge in [0.2, 0.25) is 0 Å². The molecular weight excluding hydrogens is 267 g/mol. The Hall–Kier alpha value is -2.17. The smallest absolute Gasteiger partial charge is 0.132 e. The number of rotatable bonds is 3. The van der Waals surface area contributed by atoms with Gasteiger partial charge in [0.05, 0.1) is 0 Å². The van der Waals surface area contributed by atoms with E-state index in [-0.39, 0.29) is 5.82 Å². The minimum absolute atomic E-state index is 0.189. The van der Waals surface area contributed by atoms with Crippen molar-refractivity contribution in [3.63, 3.8) is 0 Å². The van der Waals surface area contributed by atoms with Crippen LogP contribution in [0.25, 0.3) is 0 Å². The zero-order valence-electron chi connectivity index (χ0n) is 12.2. The summed E-state index contributed by atoms with van der Waals surface area (Å²) in [5.41, 5.74) is 2.15. The first-order valence-corrected chi connectivity index (χ1v) is 7.32. The molecule has 1 aliphatic heterocycles. The molecule has 1 fully saturated rings. The van der Waals surface area contributed by atoms with Gasteiger partial charge in [0.15, 0.2) is 0 Å². The molecule has 4 nitrogen and oxygen atoms in total. The zero-order valence-corrected chi connectivity index (χ0v) is 12.2. The van der Waals surface area contributed by atoms with Crippen molar-refractivity contribution in [1.82, 2.24) is 9.97 Å². The SMILES string of the molecule is CCc1cc(N2CCN(c3ccc(F)cc3)CC2)ncn1. The summed E-state index contributed by atoms with van der Waals surface area (Å²) in [6, 6.07) is 8.77. The summed E-state index contributed by atoms with van der Waals surface area (Å²) in [6.45, 7) is 5.75. The van der Waals surface area contributed by atoms with E-state index in [1.807, 2.05) is 12.1 Å². The molecule has 0 unspecified atom stereocenters.